The van der Waals surface area contributed by atoms with Gasteiger partial charge < -0.3 is 14.3 Å². The van der Waals surface area contributed by atoms with Crippen LogP contribution in [-0.4, -0.2) is 45.8 Å². The van der Waals surface area contributed by atoms with Crippen molar-refractivity contribution in [2.45, 2.75) is 103 Å². The van der Waals surface area contributed by atoms with Crippen molar-refractivity contribution < 1.29 is 23.8 Å². The van der Waals surface area contributed by atoms with E-state index in [1.54, 1.807) is 13.3 Å². The number of aliphatic carboxylic acids is 1. The molecule has 9 nitrogen and oxygen atoms in total. The lowest BCUT2D eigenvalue weighted by Crippen LogP contribution is -2.52. The molecule has 0 atom stereocenters. The normalized spacial score (nSPS) is 26.2. The van der Waals surface area contributed by atoms with Crippen molar-refractivity contribution in [1.29, 1.82) is 0 Å². The van der Waals surface area contributed by atoms with Crippen LogP contribution >= 0.6 is 0 Å². The summed E-state index contributed by atoms with van der Waals surface area (Å²) >= 11 is 0. The number of rotatable bonds is 10. The average Bonchev–Trinajstić information content (AvgIpc) is 3.56. The van der Waals surface area contributed by atoms with Gasteiger partial charge in [0.05, 0.1) is 7.11 Å². The van der Waals surface area contributed by atoms with E-state index < -0.39 is 5.97 Å². The molecule has 0 aliphatic heterocycles. The van der Waals surface area contributed by atoms with Gasteiger partial charge in [-0.3, -0.25) is 14.5 Å². The number of carboxylic acid groups (broad SMARTS) is 1. The molecule has 4 aliphatic carbocycles. The summed E-state index contributed by atoms with van der Waals surface area (Å²) in [5.41, 5.74) is 3.55. The van der Waals surface area contributed by atoms with Crippen molar-refractivity contribution in [3.05, 3.63) is 53.5 Å². The molecule has 9 heteroatoms. The first kappa shape index (κ1) is 31.2. The number of hydrogen-bond acceptors (Lipinski definition) is 7. The number of pyridine rings is 1. The van der Waals surface area contributed by atoms with Crippen LogP contribution in [-0.2, 0) is 15.0 Å². The zero-order valence-corrected chi connectivity index (χ0v) is 27.1. The van der Waals surface area contributed by atoms with Crippen LogP contribution in [0, 0.1) is 24.2 Å². The number of hydrogen-bond donors (Lipinski definition) is 1. The highest BCUT2D eigenvalue weighted by Gasteiger charge is 2.51. The Hall–Kier alpha value is -3.75. The zero-order chi connectivity index (χ0) is 31.8. The number of nitrogens with zero attached hydrogens (tertiary/aromatic N) is 4. The number of ether oxygens (including phenoxy) is 1. The third-order valence-corrected chi connectivity index (χ3v) is 11.0. The van der Waals surface area contributed by atoms with Crippen molar-refractivity contribution in [3.8, 4) is 17.2 Å². The molecule has 3 aromatic rings. The topological polar surface area (TPSA) is 119 Å². The number of carbonyl (C=O) groups is 2. The van der Waals surface area contributed by atoms with Crippen molar-refractivity contribution in [3.63, 3.8) is 0 Å². The number of amides is 1. The Bertz CT molecular complexity index is 1520. The van der Waals surface area contributed by atoms with E-state index >= 15 is 0 Å². The largest absolute Gasteiger partial charge is 0.496 e. The third kappa shape index (κ3) is 6.36. The summed E-state index contributed by atoms with van der Waals surface area (Å²) in [6.07, 6.45) is 11.4. The van der Waals surface area contributed by atoms with Crippen LogP contribution in [0.2, 0.25) is 0 Å². The molecule has 2 bridgehead atoms. The molecule has 1 amide bonds. The summed E-state index contributed by atoms with van der Waals surface area (Å²) in [5.74, 6) is 2.02. The highest BCUT2D eigenvalue weighted by molar-refractivity contribution is 5.94. The summed E-state index contributed by atoms with van der Waals surface area (Å²) in [5, 5.41) is 17.8. The zero-order valence-electron chi connectivity index (χ0n) is 27.1. The van der Waals surface area contributed by atoms with E-state index in [-0.39, 0.29) is 40.9 Å². The Labute approximate surface area is 265 Å². The first-order chi connectivity index (χ1) is 21.6. The Balaban J connectivity index is 1.25. The highest BCUT2D eigenvalue weighted by atomic mass is 16.5. The summed E-state index contributed by atoms with van der Waals surface area (Å²) in [7, 11) is 1.72. The summed E-state index contributed by atoms with van der Waals surface area (Å²) in [6, 6.07) is 10.4. The Morgan fingerprint density at radius 3 is 2.33 bits per heavy atom. The molecule has 45 heavy (non-hydrogen) atoms. The van der Waals surface area contributed by atoms with Crippen LogP contribution in [0.25, 0.3) is 11.5 Å². The SMILES string of the molecule is COc1ccc(C23CCC(CN(C(=O)C4CCC(CC(=O)O)CC4)c4cc(-c5nnc(C(C)C)o5)ccn4)(CC2)CC3)cc1C. The number of carboxylic acids is 1. The predicted octanol–water partition coefficient (Wildman–Crippen LogP) is 7.48. The van der Waals surface area contributed by atoms with Gasteiger partial charge in [0.25, 0.3) is 0 Å². The van der Waals surface area contributed by atoms with Crippen LogP contribution in [0.15, 0.2) is 40.9 Å². The molecule has 7 rings (SSSR count). The Morgan fingerprint density at radius 2 is 1.73 bits per heavy atom. The van der Waals surface area contributed by atoms with Gasteiger partial charge in [-0.25, -0.2) is 4.98 Å². The van der Waals surface area contributed by atoms with Gasteiger partial charge in [-0.05, 0) is 117 Å². The van der Waals surface area contributed by atoms with Crippen LogP contribution in [0.1, 0.15) is 107 Å². The fourth-order valence-electron chi connectivity index (χ4n) is 8.11. The molecule has 4 aliphatic rings. The molecule has 4 fully saturated rings. The number of carbonyl (C=O) groups excluding carboxylic acids is 1. The molecule has 2 heterocycles. The average molecular weight is 615 g/mol. The highest BCUT2D eigenvalue weighted by Crippen LogP contribution is 2.58. The van der Waals surface area contributed by atoms with Crippen LogP contribution in [0.4, 0.5) is 5.82 Å². The molecule has 1 N–H and O–H groups in total. The number of aromatic nitrogens is 3. The minimum atomic E-state index is -0.761. The maximum absolute atomic E-state index is 14.4. The molecular weight excluding hydrogens is 568 g/mol. The fourth-order valence-corrected chi connectivity index (χ4v) is 8.11. The minimum absolute atomic E-state index is 0.0341. The van der Waals surface area contributed by atoms with Gasteiger partial charge in [-0.2, -0.15) is 0 Å². The lowest BCUT2D eigenvalue weighted by molar-refractivity contribution is -0.138. The minimum Gasteiger partial charge on any atom is -0.496 e. The number of aryl methyl sites for hydroxylation is 1. The Morgan fingerprint density at radius 1 is 1.02 bits per heavy atom. The van der Waals surface area contributed by atoms with Crippen molar-refractivity contribution in [2.24, 2.45) is 17.3 Å². The molecule has 1 aromatic carbocycles. The van der Waals surface area contributed by atoms with E-state index in [1.807, 2.05) is 30.9 Å². The van der Waals surface area contributed by atoms with Crippen LogP contribution in [0.3, 0.4) is 0 Å². The monoisotopic (exact) mass is 614 g/mol. The quantitative estimate of drug-likeness (QED) is 0.250. The number of benzene rings is 1. The molecular formula is C36H46N4O5. The molecule has 0 spiro atoms. The molecule has 240 valence electrons. The number of fused-ring (bicyclic) bond motifs is 3. The van der Waals surface area contributed by atoms with E-state index in [9.17, 15) is 14.7 Å². The van der Waals surface area contributed by atoms with Gasteiger partial charge in [-0.15, -0.1) is 10.2 Å². The second-order valence-electron chi connectivity index (χ2n) is 14.2. The smallest absolute Gasteiger partial charge is 0.303 e. The predicted molar refractivity (Wildman–Crippen MR) is 171 cm³/mol. The third-order valence-electron chi connectivity index (χ3n) is 11.0. The lowest BCUT2D eigenvalue weighted by atomic mass is 9.51. The maximum atomic E-state index is 14.4. The summed E-state index contributed by atoms with van der Waals surface area (Å²) in [4.78, 5) is 32.4. The fraction of sp³-hybridized carbons (Fsp3) is 0.583. The van der Waals surface area contributed by atoms with Crippen molar-refractivity contribution in [2.75, 3.05) is 18.6 Å². The van der Waals surface area contributed by atoms with Gasteiger partial charge in [-0.1, -0.05) is 26.0 Å². The molecule has 0 radical (unpaired) electrons. The van der Waals surface area contributed by atoms with Crippen LogP contribution in [0.5, 0.6) is 5.75 Å². The van der Waals surface area contributed by atoms with Gasteiger partial charge in [0.1, 0.15) is 11.6 Å². The van der Waals surface area contributed by atoms with Gasteiger partial charge in [0.15, 0.2) is 0 Å². The second kappa shape index (κ2) is 12.6. The summed E-state index contributed by atoms with van der Waals surface area (Å²) in [6.45, 7) is 6.78. The molecule has 4 saturated carbocycles. The lowest BCUT2D eigenvalue weighted by Gasteiger charge is -2.55. The number of methoxy groups -OCH3 is 1. The molecule has 0 unspecified atom stereocenters. The van der Waals surface area contributed by atoms with E-state index in [4.69, 9.17) is 14.1 Å². The van der Waals surface area contributed by atoms with E-state index in [1.165, 1.54) is 11.1 Å². The van der Waals surface area contributed by atoms with Gasteiger partial charge >= 0.3 is 5.97 Å². The second-order valence-corrected chi connectivity index (χ2v) is 14.2. The van der Waals surface area contributed by atoms with Gasteiger partial charge in [0.2, 0.25) is 17.7 Å². The maximum Gasteiger partial charge on any atom is 0.303 e. The molecule has 0 saturated heterocycles. The van der Waals surface area contributed by atoms with E-state index in [0.29, 0.717) is 37.0 Å². The van der Waals surface area contributed by atoms with E-state index in [2.05, 4.69) is 35.3 Å². The van der Waals surface area contributed by atoms with Crippen molar-refractivity contribution in [1.82, 2.24) is 15.2 Å². The standard InChI is InChI=1S/C36H46N4O5/c1-23(2)32-38-39-33(45-32)27-11-18-37-30(21-27)40(34(43)26-7-5-25(6-8-26)20-31(41)42)22-35-12-15-36(16-13-35,17-14-35)28-9-10-29(44-4)24(3)19-28/h9-11,18-19,21,23,25-26H,5-8,12-17,20,22H2,1-4H3,(H,41,42). The van der Waals surface area contributed by atoms with Crippen LogP contribution < -0.4 is 9.64 Å². The Kier molecular flexibility index (Phi) is 8.72. The summed E-state index contributed by atoms with van der Waals surface area (Å²) < 4.78 is 11.5. The van der Waals surface area contributed by atoms with E-state index in [0.717, 1.165) is 62.7 Å². The molecule has 2 aromatic heterocycles. The first-order valence-corrected chi connectivity index (χ1v) is 16.6. The van der Waals surface area contributed by atoms with Gasteiger partial charge in [0, 0.05) is 36.6 Å². The number of anilines is 1. The van der Waals surface area contributed by atoms with Crippen molar-refractivity contribution >= 4 is 17.7 Å². The first-order valence-electron chi connectivity index (χ1n) is 16.6.